The number of carbonyl (C=O) groups excluding carboxylic acids is 1. The highest BCUT2D eigenvalue weighted by Gasteiger charge is 2.24. The van der Waals surface area contributed by atoms with E-state index in [2.05, 4.69) is 0 Å². The number of carbonyl (C=O) groups is 2. The van der Waals surface area contributed by atoms with Gasteiger partial charge in [-0.3, -0.25) is 4.79 Å². The lowest BCUT2D eigenvalue weighted by atomic mass is 9.88. The number of hydrogen-bond acceptors (Lipinski definition) is 3. The molecule has 1 N–H and O–H groups in total. The maximum absolute atomic E-state index is 11.6. The molecule has 0 bridgehead atoms. The molecule has 0 spiro atoms. The summed E-state index contributed by atoms with van der Waals surface area (Å²) in [5, 5.41) is 8.79. The molecule has 0 saturated carbocycles. The van der Waals surface area contributed by atoms with Crippen molar-refractivity contribution in [1.29, 1.82) is 0 Å². The summed E-state index contributed by atoms with van der Waals surface area (Å²) in [5.41, 5.74) is 0.984. The maximum Gasteiger partial charge on any atom is 0.335 e. The smallest absolute Gasteiger partial charge is 0.335 e. The minimum atomic E-state index is -0.976. The molecule has 4 heteroatoms. The first-order valence-corrected chi connectivity index (χ1v) is 5.38. The first-order valence-electron chi connectivity index (χ1n) is 5.38. The number of carboxylic acids is 1. The van der Waals surface area contributed by atoms with Gasteiger partial charge < -0.3 is 9.84 Å². The van der Waals surface area contributed by atoms with Crippen LogP contribution in [0.15, 0.2) is 24.3 Å². The number of esters is 1. The number of aromatic carboxylic acids is 1. The Morgan fingerprint density at radius 3 is 2.06 bits per heavy atom. The third-order valence-electron chi connectivity index (χ3n) is 2.64. The van der Waals surface area contributed by atoms with E-state index in [1.54, 1.807) is 12.1 Å². The highest BCUT2D eigenvalue weighted by molar-refractivity contribution is 5.88. The molecule has 17 heavy (non-hydrogen) atoms. The summed E-state index contributed by atoms with van der Waals surface area (Å²) in [4.78, 5) is 22.3. The van der Waals surface area contributed by atoms with E-state index in [4.69, 9.17) is 9.84 Å². The Balaban J connectivity index is 3.03. The molecule has 0 saturated heterocycles. The van der Waals surface area contributed by atoms with Gasteiger partial charge >= 0.3 is 11.9 Å². The summed E-state index contributed by atoms with van der Waals surface area (Å²) in [6.07, 6.45) is 0. The molecular weight excluding hydrogens is 220 g/mol. The second kappa shape index (κ2) is 5.48. The zero-order chi connectivity index (χ0) is 13.0. The number of hydrogen-bond donors (Lipinski definition) is 1. The molecule has 0 radical (unpaired) electrons. The van der Waals surface area contributed by atoms with Crippen LogP contribution >= 0.6 is 0 Å². The van der Waals surface area contributed by atoms with Crippen LogP contribution in [0.1, 0.15) is 35.7 Å². The normalized spacial score (nSPS) is 12.2. The van der Waals surface area contributed by atoms with Crippen LogP contribution in [0.2, 0.25) is 0 Å². The number of benzene rings is 1. The van der Waals surface area contributed by atoms with Gasteiger partial charge in [0.05, 0.1) is 18.6 Å². The summed E-state index contributed by atoms with van der Waals surface area (Å²) < 4.78 is 4.75. The molecule has 0 aromatic heterocycles. The van der Waals surface area contributed by atoms with E-state index >= 15 is 0 Å². The Morgan fingerprint density at radius 1 is 1.18 bits per heavy atom. The van der Waals surface area contributed by atoms with Gasteiger partial charge in [-0.05, 0) is 23.6 Å². The van der Waals surface area contributed by atoms with Crippen molar-refractivity contribution < 1.29 is 19.4 Å². The standard InChI is InChI=1S/C13H16O4/c1-8(2)11(13(16)17-3)9-4-6-10(7-5-9)12(14)15/h4-8,11H,1-3H3,(H,14,15). The molecule has 0 heterocycles. The predicted octanol–water partition coefficient (Wildman–Crippen LogP) is 2.30. The van der Waals surface area contributed by atoms with Crippen molar-refractivity contribution in [3.8, 4) is 0 Å². The fraction of sp³-hybridized carbons (Fsp3) is 0.385. The van der Waals surface area contributed by atoms with Crippen LogP contribution in [-0.2, 0) is 9.53 Å². The average Bonchev–Trinajstić information content (AvgIpc) is 2.29. The highest BCUT2D eigenvalue weighted by Crippen LogP contribution is 2.26. The van der Waals surface area contributed by atoms with Crippen molar-refractivity contribution in [2.24, 2.45) is 5.92 Å². The molecule has 1 atom stereocenters. The first-order chi connectivity index (χ1) is 7.97. The van der Waals surface area contributed by atoms with E-state index in [0.29, 0.717) is 0 Å². The second-order valence-corrected chi connectivity index (χ2v) is 4.17. The molecule has 0 aliphatic heterocycles. The van der Waals surface area contributed by atoms with Crippen LogP contribution in [0.25, 0.3) is 0 Å². The number of carboxylic acid groups (broad SMARTS) is 1. The Bertz CT molecular complexity index is 406. The lowest BCUT2D eigenvalue weighted by Crippen LogP contribution is -2.19. The molecule has 1 aromatic carbocycles. The molecule has 1 rings (SSSR count). The SMILES string of the molecule is COC(=O)C(c1ccc(C(=O)O)cc1)C(C)C. The molecule has 0 aliphatic rings. The first kappa shape index (κ1) is 13.2. The molecule has 0 fully saturated rings. The molecule has 4 nitrogen and oxygen atoms in total. The van der Waals surface area contributed by atoms with Crippen molar-refractivity contribution in [1.82, 2.24) is 0 Å². The number of ether oxygens (including phenoxy) is 1. The fourth-order valence-corrected chi connectivity index (χ4v) is 1.75. The van der Waals surface area contributed by atoms with E-state index in [1.165, 1.54) is 19.2 Å². The van der Waals surface area contributed by atoms with Gasteiger partial charge in [0.25, 0.3) is 0 Å². The van der Waals surface area contributed by atoms with E-state index in [-0.39, 0.29) is 23.4 Å². The van der Waals surface area contributed by atoms with Gasteiger partial charge in [-0.1, -0.05) is 26.0 Å². The van der Waals surface area contributed by atoms with Gasteiger partial charge in [0.2, 0.25) is 0 Å². The van der Waals surface area contributed by atoms with Gasteiger partial charge in [0, 0.05) is 0 Å². The van der Waals surface area contributed by atoms with Gasteiger partial charge in [0.15, 0.2) is 0 Å². The molecule has 0 aliphatic carbocycles. The molecule has 1 unspecified atom stereocenters. The zero-order valence-corrected chi connectivity index (χ0v) is 10.1. The maximum atomic E-state index is 11.6. The second-order valence-electron chi connectivity index (χ2n) is 4.17. The molecular formula is C13H16O4. The largest absolute Gasteiger partial charge is 0.478 e. The zero-order valence-electron chi connectivity index (χ0n) is 10.1. The highest BCUT2D eigenvalue weighted by atomic mass is 16.5. The quantitative estimate of drug-likeness (QED) is 0.815. The minimum absolute atomic E-state index is 0.0955. The average molecular weight is 236 g/mol. The van der Waals surface area contributed by atoms with Crippen LogP contribution in [-0.4, -0.2) is 24.2 Å². The lowest BCUT2D eigenvalue weighted by molar-refractivity contribution is -0.143. The Morgan fingerprint density at radius 2 is 1.71 bits per heavy atom. The fourth-order valence-electron chi connectivity index (χ4n) is 1.75. The van der Waals surface area contributed by atoms with E-state index < -0.39 is 5.97 Å². The van der Waals surface area contributed by atoms with Crippen LogP contribution < -0.4 is 0 Å². The summed E-state index contributed by atoms with van der Waals surface area (Å²) in [5.74, 6) is -1.54. The number of rotatable bonds is 4. The predicted molar refractivity (Wildman–Crippen MR) is 63.0 cm³/mol. The summed E-state index contributed by atoms with van der Waals surface area (Å²) in [6.45, 7) is 3.85. The van der Waals surface area contributed by atoms with Crippen molar-refractivity contribution >= 4 is 11.9 Å². The minimum Gasteiger partial charge on any atom is -0.478 e. The monoisotopic (exact) mass is 236 g/mol. The van der Waals surface area contributed by atoms with Gasteiger partial charge in [-0.25, -0.2) is 4.79 Å². The summed E-state index contributed by atoms with van der Waals surface area (Å²) in [7, 11) is 1.35. The van der Waals surface area contributed by atoms with Crippen molar-refractivity contribution in [3.05, 3.63) is 35.4 Å². The van der Waals surface area contributed by atoms with Crippen LogP contribution in [0.5, 0.6) is 0 Å². The van der Waals surface area contributed by atoms with Gasteiger partial charge in [0.1, 0.15) is 0 Å². The van der Waals surface area contributed by atoms with E-state index in [1.807, 2.05) is 13.8 Å². The molecule has 92 valence electrons. The molecule has 1 aromatic rings. The van der Waals surface area contributed by atoms with Crippen molar-refractivity contribution in [3.63, 3.8) is 0 Å². The Kier molecular flexibility index (Phi) is 4.26. The van der Waals surface area contributed by atoms with Crippen LogP contribution in [0, 0.1) is 5.92 Å². The third-order valence-corrected chi connectivity index (χ3v) is 2.64. The van der Waals surface area contributed by atoms with Crippen molar-refractivity contribution in [2.75, 3.05) is 7.11 Å². The van der Waals surface area contributed by atoms with Crippen molar-refractivity contribution in [2.45, 2.75) is 19.8 Å². The Hall–Kier alpha value is -1.84. The third kappa shape index (κ3) is 3.06. The van der Waals surface area contributed by atoms with E-state index in [9.17, 15) is 9.59 Å². The Labute approximate surface area is 100 Å². The van der Waals surface area contributed by atoms with E-state index in [0.717, 1.165) is 5.56 Å². The number of methoxy groups -OCH3 is 1. The van der Waals surface area contributed by atoms with Crippen LogP contribution in [0.4, 0.5) is 0 Å². The topological polar surface area (TPSA) is 63.6 Å². The van der Waals surface area contributed by atoms with Gasteiger partial charge in [-0.2, -0.15) is 0 Å². The summed E-state index contributed by atoms with van der Waals surface area (Å²) in [6, 6.07) is 6.31. The lowest BCUT2D eigenvalue weighted by Gasteiger charge is -2.18. The van der Waals surface area contributed by atoms with Crippen LogP contribution in [0.3, 0.4) is 0 Å². The van der Waals surface area contributed by atoms with Gasteiger partial charge in [-0.15, -0.1) is 0 Å². The molecule has 0 amide bonds. The summed E-state index contributed by atoms with van der Waals surface area (Å²) >= 11 is 0.